The van der Waals surface area contributed by atoms with E-state index in [2.05, 4.69) is 4.74 Å². The van der Waals surface area contributed by atoms with Crippen LogP contribution >= 0.6 is 11.6 Å². The van der Waals surface area contributed by atoms with Crippen LogP contribution in [0.4, 0.5) is 0 Å². The number of imide groups is 1. The second-order valence-corrected chi connectivity index (χ2v) is 4.76. The van der Waals surface area contributed by atoms with Crippen LogP contribution in [0.3, 0.4) is 0 Å². The molecule has 0 fully saturated rings. The number of rotatable bonds is 4. The Morgan fingerprint density at radius 2 is 2.05 bits per heavy atom. The molecule has 2 amide bonds. The van der Waals surface area contributed by atoms with Crippen molar-refractivity contribution in [1.29, 1.82) is 0 Å². The summed E-state index contributed by atoms with van der Waals surface area (Å²) in [7, 11) is 1.22. The van der Waals surface area contributed by atoms with Gasteiger partial charge in [0.15, 0.2) is 5.92 Å². The monoisotopic (exact) mass is 295 g/mol. The summed E-state index contributed by atoms with van der Waals surface area (Å²) in [6.45, 7) is 0.197. The topological polar surface area (TPSA) is 63.7 Å². The van der Waals surface area contributed by atoms with Gasteiger partial charge in [-0.3, -0.25) is 19.3 Å². The number of hydrogen-bond acceptors (Lipinski definition) is 4. The van der Waals surface area contributed by atoms with Crippen molar-refractivity contribution in [1.82, 2.24) is 4.90 Å². The molecular weight excluding hydrogens is 282 g/mol. The fraction of sp³-hybridized carbons (Fsp3) is 0.357. The molecule has 106 valence electrons. The van der Waals surface area contributed by atoms with E-state index in [1.165, 1.54) is 7.11 Å². The summed E-state index contributed by atoms with van der Waals surface area (Å²) < 4.78 is 4.68. The summed E-state index contributed by atoms with van der Waals surface area (Å²) in [6.07, 6.45) is 0.481. The number of esters is 1. The van der Waals surface area contributed by atoms with E-state index in [1.54, 1.807) is 24.3 Å². The first-order valence-electron chi connectivity index (χ1n) is 6.20. The first-order valence-corrected chi connectivity index (χ1v) is 6.73. The van der Waals surface area contributed by atoms with Crippen LogP contribution in [-0.2, 0) is 14.3 Å². The number of alkyl halides is 1. The lowest BCUT2D eigenvalue weighted by molar-refractivity contribution is -0.148. The van der Waals surface area contributed by atoms with Crippen LogP contribution in [0.2, 0.25) is 0 Å². The van der Waals surface area contributed by atoms with Crippen LogP contribution in [0.25, 0.3) is 0 Å². The van der Waals surface area contributed by atoms with Crippen molar-refractivity contribution >= 4 is 29.4 Å². The quantitative estimate of drug-likeness (QED) is 0.366. The molecule has 0 aliphatic carbocycles. The Bertz CT molecular complexity index is 558. The van der Waals surface area contributed by atoms with Crippen molar-refractivity contribution in [3.8, 4) is 0 Å². The zero-order valence-corrected chi connectivity index (χ0v) is 11.7. The molecule has 1 heterocycles. The average molecular weight is 296 g/mol. The molecule has 0 spiro atoms. The number of carbonyl (C=O) groups is 3. The smallest absolute Gasteiger partial charge is 0.322 e. The summed E-state index contributed by atoms with van der Waals surface area (Å²) >= 11 is 5.60. The van der Waals surface area contributed by atoms with Crippen molar-refractivity contribution in [2.45, 2.75) is 12.3 Å². The van der Waals surface area contributed by atoms with Gasteiger partial charge >= 0.3 is 5.97 Å². The predicted molar refractivity (Wildman–Crippen MR) is 72.6 cm³/mol. The van der Waals surface area contributed by atoms with E-state index in [9.17, 15) is 14.4 Å². The Morgan fingerprint density at radius 1 is 1.35 bits per heavy atom. The van der Waals surface area contributed by atoms with E-state index < -0.39 is 23.7 Å². The Hall–Kier alpha value is -1.88. The second-order valence-electron chi connectivity index (χ2n) is 4.38. The highest BCUT2D eigenvalue weighted by Gasteiger charge is 2.42. The maximum absolute atomic E-state index is 12.4. The first-order chi connectivity index (χ1) is 9.61. The molecule has 20 heavy (non-hydrogen) atoms. The molecular formula is C14H14ClNO4. The van der Waals surface area contributed by atoms with Gasteiger partial charge in [0.05, 0.1) is 7.11 Å². The number of benzene rings is 1. The standard InChI is InChI=1S/C14H14ClNO4/c1-20-14(19)11-9-5-2-3-6-10(9)12(17)16(13(11)18)8-4-7-15/h2-3,5-6,11H,4,7-8H2,1H3. The van der Waals surface area contributed by atoms with Gasteiger partial charge in [-0.1, -0.05) is 18.2 Å². The van der Waals surface area contributed by atoms with E-state index >= 15 is 0 Å². The van der Waals surface area contributed by atoms with Gasteiger partial charge in [-0.15, -0.1) is 11.6 Å². The summed E-state index contributed by atoms with van der Waals surface area (Å²) in [5.74, 6) is -2.35. The third-order valence-electron chi connectivity index (χ3n) is 3.21. The van der Waals surface area contributed by atoms with Crippen LogP contribution in [0.1, 0.15) is 28.3 Å². The maximum Gasteiger partial charge on any atom is 0.322 e. The zero-order chi connectivity index (χ0) is 14.7. The minimum Gasteiger partial charge on any atom is -0.468 e. The lowest BCUT2D eigenvalue weighted by Crippen LogP contribution is -2.47. The van der Waals surface area contributed by atoms with E-state index in [-0.39, 0.29) is 6.54 Å². The zero-order valence-electron chi connectivity index (χ0n) is 11.0. The highest BCUT2D eigenvalue weighted by Crippen LogP contribution is 2.30. The molecule has 1 aromatic carbocycles. The summed E-state index contributed by atoms with van der Waals surface area (Å²) in [5, 5.41) is 0. The molecule has 0 aromatic heterocycles. The van der Waals surface area contributed by atoms with Crippen molar-refractivity contribution in [3.05, 3.63) is 35.4 Å². The third kappa shape index (κ3) is 2.41. The highest BCUT2D eigenvalue weighted by molar-refractivity contribution is 6.19. The lowest BCUT2D eigenvalue weighted by atomic mass is 9.88. The van der Waals surface area contributed by atoms with Crippen LogP contribution in [0.15, 0.2) is 24.3 Å². The molecule has 6 heteroatoms. The lowest BCUT2D eigenvalue weighted by Gasteiger charge is -2.31. The molecule has 0 saturated carbocycles. The fourth-order valence-corrected chi connectivity index (χ4v) is 2.37. The molecule has 0 N–H and O–H groups in total. The van der Waals surface area contributed by atoms with Gasteiger partial charge < -0.3 is 4.74 Å². The van der Waals surface area contributed by atoms with Crippen LogP contribution in [-0.4, -0.2) is 42.2 Å². The van der Waals surface area contributed by atoms with Gasteiger partial charge in [-0.05, 0) is 18.1 Å². The number of nitrogens with zero attached hydrogens (tertiary/aromatic N) is 1. The summed E-state index contributed by atoms with van der Waals surface area (Å²) in [6, 6.07) is 6.59. The Kier molecular flexibility index (Phi) is 4.39. The number of ether oxygens (including phenoxy) is 1. The molecule has 1 aliphatic heterocycles. The molecule has 0 saturated heterocycles. The predicted octanol–water partition coefficient (Wildman–Crippen LogP) is 1.55. The molecule has 1 atom stereocenters. The fourth-order valence-electron chi connectivity index (χ4n) is 2.25. The van der Waals surface area contributed by atoms with E-state index in [0.717, 1.165) is 4.90 Å². The van der Waals surface area contributed by atoms with Gasteiger partial charge in [0.25, 0.3) is 5.91 Å². The molecule has 1 unspecified atom stereocenters. The Labute approximate surface area is 121 Å². The normalized spacial score (nSPS) is 17.9. The van der Waals surface area contributed by atoms with Crippen molar-refractivity contribution in [3.63, 3.8) is 0 Å². The van der Waals surface area contributed by atoms with Gasteiger partial charge in [0, 0.05) is 18.0 Å². The van der Waals surface area contributed by atoms with Crippen molar-refractivity contribution < 1.29 is 19.1 Å². The van der Waals surface area contributed by atoms with E-state index in [1.807, 2.05) is 0 Å². The molecule has 0 radical (unpaired) electrons. The van der Waals surface area contributed by atoms with E-state index in [4.69, 9.17) is 11.6 Å². The van der Waals surface area contributed by atoms with Gasteiger partial charge in [-0.25, -0.2) is 0 Å². The van der Waals surface area contributed by atoms with Crippen LogP contribution in [0, 0.1) is 0 Å². The van der Waals surface area contributed by atoms with Gasteiger partial charge in [-0.2, -0.15) is 0 Å². The molecule has 0 bridgehead atoms. The maximum atomic E-state index is 12.4. The second kappa shape index (κ2) is 6.05. The van der Waals surface area contributed by atoms with Gasteiger partial charge in [0.2, 0.25) is 5.91 Å². The van der Waals surface area contributed by atoms with Gasteiger partial charge in [0.1, 0.15) is 0 Å². The van der Waals surface area contributed by atoms with Crippen molar-refractivity contribution in [2.24, 2.45) is 0 Å². The number of carbonyl (C=O) groups excluding carboxylic acids is 3. The summed E-state index contributed by atoms with van der Waals surface area (Å²) in [4.78, 5) is 37.6. The minimum atomic E-state index is -1.08. The highest BCUT2D eigenvalue weighted by atomic mass is 35.5. The average Bonchev–Trinajstić information content (AvgIpc) is 2.47. The molecule has 5 nitrogen and oxygen atoms in total. The largest absolute Gasteiger partial charge is 0.468 e. The minimum absolute atomic E-state index is 0.197. The van der Waals surface area contributed by atoms with E-state index in [0.29, 0.717) is 23.4 Å². The molecule has 1 aromatic rings. The number of amides is 2. The summed E-state index contributed by atoms with van der Waals surface area (Å²) in [5.41, 5.74) is 0.758. The van der Waals surface area contributed by atoms with Crippen molar-refractivity contribution in [2.75, 3.05) is 19.5 Å². The number of methoxy groups -OCH3 is 1. The number of hydrogen-bond donors (Lipinski definition) is 0. The molecule has 1 aliphatic rings. The third-order valence-corrected chi connectivity index (χ3v) is 3.48. The first kappa shape index (κ1) is 14.5. The molecule has 2 rings (SSSR count). The van der Waals surface area contributed by atoms with Crippen LogP contribution < -0.4 is 0 Å². The SMILES string of the molecule is COC(=O)C1C(=O)N(CCCCl)C(=O)c2ccccc21. The van der Waals surface area contributed by atoms with Crippen LogP contribution in [0.5, 0.6) is 0 Å². The number of fused-ring (bicyclic) bond motifs is 1. The Balaban J connectivity index is 2.47. The number of halogens is 1. The Morgan fingerprint density at radius 3 is 2.70 bits per heavy atom.